The van der Waals surface area contributed by atoms with Crippen LogP contribution in [0.15, 0.2) is 54.6 Å². The van der Waals surface area contributed by atoms with Gasteiger partial charge in [-0.1, -0.05) is 49.7 Å². The van der Waals surface area contributed by atoms with Crippen molar-refractivity contribution in [3.8, 4) is 0 Å². The summed E-state index contributed by atoms with van der Waals surface area (Å²) in [6, 6.07) is 18.5. The summed E-state index contributed by atoms with van der Waals surface area (Å²) < 4.78 is 14.1. The van der Waals surface area contributed by atoms with E-state index in [-0.39, 0.29) is 6.04 Å². The van der Waals surface area contributed by atoms with Crippen molar-refractivity contribution in [2.24, 2.45) is 0 Å². The number of rotatable bonds is 3. The molecule has 0 bridgehead atoms. The molecule has 0 spiro atoms. The van der Waals surface area contributed by atoms with Crippen LogP contribution in [0.4, 0.5) is 0 Å². The number of hydrogen-bond acceptors (Lipinski definition) is 2. The van der Waals surface area contributed by atoms with Gasteiger partial charge in [-0.15, -0.1) is 0 Å². The molecular weight excluding hydrogens is 327 g/mol. The normalized spacial score (nSPS) is 30.0. The van der Waals surface area contributed by atoms with Crippen LogP contribution in [0.1, 0.15) is 37.7 Å². The molecule has 0 aliphatic carbocycles. The van der Waals surface area contributed by atoms with Gasteiger partial charge in [0.1, 0.15) is 0 Å². The second-order valence-corrected chi connectivity index (χ2v) is 9.86. The highest BCUT2D eigenvalue weighted by Gasteiger charge is 2.40. The molecule has 1 N–H and O–H groups in total. The highest BCUT2D eigenvalue weighted by atomic mass is 31.2. The number of piperidine rings is 1. The summed E-state index contributed by atoms with van der Waals surface area (Å²) in [5.74, 6) is 0.365. The van der Waals surface area contributed by atoms with Crippen LogP contribution in [0.5, 0.6) is 0 Å². The molecule has 2 aliphatic rings. The number of nitrogens with one attached hydrogen (secondary N) is 1. The van der Waals surface area contributed by atoms with Crippen LogP contribution in [0.3, 0.4) is 0 Å². The number of nitrogens with zero attached hydrogens (tertiary/aromatic N) is 1. The van der Waals surface area contributed by atoms with E-state index in [4.69, 9.17) is 0 Å². The zero-order valence-corrected chi connectivity index (χ0v) is 15.8. The zero-order valence-electron chi connectivity index (χ0n) is 14.9. The fraction of sp³-hybridized carbons (Fsp3) is 0.429. The Morgan fingerprint density at radius 3 is 2.44 bits per heavy atom. The molecule has 4 heteroatoms. The van der Waals surface area contributed by atoms with Crippen LogP contribution >= 0.6 is 7.29 Å². The van der Waals surface area contributed by atoms with Crippen LogP contribution in [0, 0.1) is 0 Å². The fourth-order valence-corrected chi connectivity index (χ4v) is 7.13. The van der Waals surface area contributed by atoms with Crippen molar-refractivity contribution >= 4 is 17.9 Å². The molecule has 3 atom stereocenters. The van der Waals surface area contributed by atoms with Crippen molar-refractivity contribution in [1.29, 1.82) is 0 Å². The van der Waals surface area contributed by atoms with Crippen LogP contribution < -0.4 is 15.7 Å². The molecule has 2 aliphatic heterocycles. The van der Waals surface area contributed by atoms with Gasteiger partial charge in [-0.05, 0) is 55.6 Å². The molecule has 0 aromatic heterocycles. The maximum Gasteiger partial charge on any atom is 0.205 e. The standard InChI is InChI=1S/C21H27N2OP/c1-17-19-12-6-7-13-21(19)25(24,18-10-4-2-5-11-18)22-20(17)16-23-14-8-3-9-15-23/h2,4-7,10-13,17,20H,3,8-9,14-16H2,1H3,(H,22,24)/t17?,20-,25?/m0/s1. The third-order valence-electron chi connectivity index (χ3n) is 5.74. The SMILES string of the molecule is CC1c2ccccc2P(=O)(c2ccccc2)N[C@H]1CN1CCCCC1. The van der Waals surface area contributed by atoms with Crippen molar-refractivity contribution in [3.63, 3.8) is 0 Å². The predicted octanol–water partition coefficient (Wildman–Crippen LogP) is 3.48. The van der Waals surface area contributed by atoms with Gasteiger partial charge in [0.25, 0.3) is 0 Å². The first-order valence-electron chi connectivity index (χ1n) is 9.44. The molecule has 2 aromatic rings. The van der Waals surface area contributed by atoms with Gasteiger partial charge in [0, 0.05) is 23.2 Å². The first-order chi connectivity index (χ1) is 12.2. The van der Waals surface area contributed by atoms with Gasteiger partial charge in [-0.25, -0.2) is 0 Å². The Morgan fingerprint density at radius 2 is 1.68 bits per heavy atom. The largest absolute Gasteiger partial charge is 0.302 e. The van der Waals surface area contributed by atoms with Crippen molar-refractivity contribution in [2.45, 2.75) is 38.1 Å². The summed E-state index contributed by atoms with van der Waals surface area (Å²) in [4.78, 5) is 2.54. The molecule has 3 nitrogen and oxygen atoms in total. The van der Waals surface area contributed by atoms with Crippen molar-refractivity contribution in [2.75, 3.05) is 19.6 Å². The van der Waals surface area contributed by atoms with Crippen molar-refractivity contribution < 1.29 is 4.57 Å². The van der Waals surface area contributed by atoms with E-state index in [0.29, 0.717) is 5.92 Å². The second kappa shape index (κ2) is 7.07. The summed E-state index contributed by atoms with van der Waals surface area (Å²) in [6.07, 6.45) is 3.91. The summed E-state index contributed by atoms with van der Waals surface area (Å²) in [7, 11) is -2.79. The Balaban J connectivity index is 1.72. The molecule has 0 saturated carbocycles. The molecule has 1 saturated heterocycles. The van der Waals surface area contributed by atoms with E-state index < -0.39 is 7.29 Å². The highest BCUT2D eigenvalue weighted by molar-refractivity contribution is 7.77. The van der Waals surface area contributed by atoms with E-state index in [1.807, 2.05) is 42.5 Å². The van der Waals surface area contributed by atoms with E-state index in [1.165, 1.54) is 37.9 Å². The van der Waals surface area contributed by atoms with Crippen LogP contribution in [0.2, 0.25) is 0 Å². The maximum atomic E-state index is 14.1. The molecule has 4 rings (SSSR count). The topological polar surface area (TPSA) is 32.3 Å². The minimum atomic E-state index is -2.79. The molecule has 2 unspecified atom stereocenters. The summed E-state index contributed by atoms with van der Waals surface area (Å²) in [6.45, 7) is 5.59. The highest BCUT2D eigenvalue weighted by Crippen LogP contribution is 2.46. The second-order valence-electron chi connectivity index (χ2n) is 7.39. The molecule has 1 fully saturated rings. The number of hydrogen-bond donors (Lipinski definition) is 1. The third-order valence-corrected chi connectivity index (χ3v) is 8.55. The lowest BCUT2D eigenvalue weighted by Crippen LogP contribution is -2.50. The number of benzene rings is 2. The van der Waals surface area contributed by atoms with Gasteiger partial charge in [0.2, 0.25) is 7.29 Å². The summed E-state index contributed by atoms with van der Waals surface area (Å²) >= 11 is 0. The third kappa shape index (κ3) is 3.21. The smallest absolute Gasteiger partial charge is 0.205 e. The number of fused-ring (bicyclic) bond motifs is 1. The average Bonchev–Trinajstić information content (AvgIpc) is 2.67. The maximum absolute atomic E-state index is 14.1. The first kappa shape index (κ1) is 17.0. The van der Waals surface area contributed by atoms with Crippen LogP contribution in [0.25, 0.3) is 0 Å². The molecule has 2 aromatic carbocycles. The van der Waals surface area contributed by atoms with E-state index in [9.17, 15) is 4.57 Å². The lowest BCUT2D eigenvalue weighted by Gasteiger charge is -2.41. The Labute approximate surface area is 150 Å². The van der Waals surface area contributed by atoms with Crippen molar-refractivity contribution in [3.05, 3.63) is 60.2 Å². The fourth-order valence-electron chi connectivity index (χ4n) is 4.26. The summed E-state index contributed by atoms with van der Waals surface area (Å²) in [5.41, 5.74) is 1.25. The molecule has 2 heterocycles. The molecular formula is C21H27N2OP. The van der Waals surface area contributed by atoms with E-state index in [1.54, 1.807) is 0 Å². The number of likely N-dealkylation sites (tertiary alicyclic amines) is 1. The molecule has 25 heavy (non-hydrogen) atoms. The van der Waals surface area contributed by atoms with Gasteiger partial charge in [-0.3, -0.25) is 9.65 Å². The van der Waals surface area contributed by atoms with E-state index >= 15 is 0 Å². The van der Waals surface area contributed by atoms with E-state index in [2.05, 4.69) is 29.0 Å². The molecule has 0 radical (unpaired) electrons. The predicted molar refractivity (Wildman–Crippen MR) is 105 cm³/mol. The van der Waals surface area contributed by atoms with Gasteiger partial charge in [0.15, 0.2) is 0 Å². The van der Waals surface area contributed by atoms with Gasteiger partial charge in [0.05, 0.1) is 0 Å². The first-order valence-corrected chi connectivity index (χ1v) is 11.1. The minimum absolute atomic E-state index is 0.221. The average molecular weight is 354 g/mol. The van der Waals surface area contributed by atoms with Crippen molar-refractivity contribution in [1.82, 2.24) is 9.99 Å². The quantitative estimate of drug-likeness (QED) is 0.857. The van der Waals surface area contributed by atoms with Gasteiger partial charge < -0.3 is 4.90 Å². The Kier molecular flexibility index (Phi) is 4.82. The van der Waals surface area contributed by atoms with Gasteiger partial charge in [-0.2, -0.15) is 0 Å². The van der Waals surface area contributed by atoms with Crippen LogP contribution in [-0.2, 0) is 4.57 Å². The lowest BCUT2D eigenvalue weighted by atomic mass is 9.92. The lowest BCUT2D eigenvalue weighted by molar-refractivity contribution is 0.204. The van der Waals surface area contributed by atoms with Gasteiger partial charge >= 0.3 is 0 Å². The monoisotopic (exact) mass is 354 g/mol. The molecule has 0 amide bonds. The van der Waals surface area contributed by atoms with Crippen LogP contribution in [-0.4, -0.2) is 30.6 Å². The zero-order chi connectivity index (χ0) is 17.3. The van der Waals surface area contributed by atoms with E-state index in [0.717, 1.165) is 17.2 Å². The Bertz CT molecular complexity index is 770. The summed E-state index contributed by atoms with van der Waals surface area (Å²) in [5, 5.41) is 5.52. The Hall–Kier alpha value is -1.41. The molecule has 132 valence electrons. The Morgan fingerprint density at radius 1 is 1.00 bits per heavy atom. The minimum Gasteiger partial charge on any atom is -0.302 e.